The zero-order chi connectivity index (χ0) is 13.9. The SMILES string of the molecule is CN(C)c1nnc(SCc2noc(-c3cccs3)n2)s1. The van der Waals surface area contributed by atoms with Crippen LogP contribution in [0.3, 0.4) is 0 Å². The first-order valence-corrected chi connectivity index (χ1v) is 8.40. The van der Waals surface area contributed by atoms with Gasteiger partial charge in [-0.3, -0.25) is 0 Å². The van der Waals surface area contributed by atoms with Crippen LogP contribution in [-0.2, 0) is 5.75 Å². The summed E-state index contributed by atoms with van der Waals surface area (Å²) in [7, 11) is 3.89. The topological polar surface area (TPSA) is 67.9 Å². The lowest BCUT2D eigenvalue weighted by atomic mass is 10.5. The lowest BCUT2D eigenvalue weighted by Gasteiger charge is -2.03. The second-order valence-electron chi connectivity index (χ2n) is 4.03. The molecule has 104 valence electrons. The predicted octanol–water partition coefficient (Wildman–Crippen LogP) is 3.01. The van der Waals surface area contributed by atoms with Gasteiger partial charge in [0.1, 0.15) is 0 Å². The van der Waals surface area contributed by atoms with Crippen LogP contribution in [0.4, 0.5) is 5.13 Å². The molecule has 3 heterocycles. The van der Waals surface area contributed by atoms with Crippen LogP contribution < -0.4 is 4.90 Å². The molecule has 0 spiro atoms. The normalized spacial score (nSPS) is 10.9. The van der Waals surface area contributed by atoms with Crippen molar-refractivity contribution in [1.82, 2.24) is 20.3 Å². The van der Waals surface area contributed by atoms with Gasteiger partial charge in [-0.2, -0.15) is 4.98 Å². The summed E-state index contributed by atoms with van der Waals surface area (Å²) < 4.78 is 6.14. The summed E-state index contributed by atoms with van der Waals surface area (Å²) >= 11 is 4.69. The Morgan fingerprint density at radius 3 is 2.95 bits per heavy atom. The number of nitrogens with zero attached hydrogens (tertiary/aromatic N) is 5. The molecule has 3 aromatic rings. The highest BCUT2D eigenvalue weighted by atomic mass is 32.2. The number of anilines is 1. The van der Waals surface area contributed by atoms with Crippen LogP contribution in [0.25, 0.3) is 10.8 Å². The maximum atomic E-state index is 5.24. The van der Waals surface area contributed by atoms with Crippen LogP contribution in [0, 0.1) is 0 Å². The molecule has 0 saturated heterocycles. The van der Waals surface area contributed by atoms with Crippen molar-refractivity contribution >= 4 is 39.6 Å². The molecule has 0 unspecified atom stereocenters. The summed E-state index contributed by atoms with van der Waals surface area (Å²) in [5, 5.41) is 15.0. The van der Waals surface area contributed by atoms with Crippen molar-refractivity contribution in [2.75, 3.05) is 19.0 Å². The van der Waals surface area contributed by atoms with Crippen LogP contribution in [0.2, 0.25) is 0 Å². The van der Waals surface area contributed by atoms with Gasteiger partial charge in [0.25, 0.3) is 5.89 Å². The molecule has 0 aromatic carbocycles. The average molecular weight is 325 g/mol. The summed E-state index contributed by atoms with van der Waals surface area (Å²) in [5.41, 5.74) is 0. The van der Waals surface area contributed by atoms with Gasteiger partial charge < -0.3 is 9.42 Å². The molecule has 3 aromatic heterocycles. The highest BCUT2D eigenvalue weighted by Crippen LogP contribution is 2.29. The number of thiophene rings is 1. The largest absolute Gasteiger partial charge is 0.353 e. The van der Waals surface area contributed by atoms with Crippen molar-refractivity contribution in [3.05, 3.63) is 23.3 Å². The van der Waals surface area contributed by atoms with Crippen LogP contribution in [0.1, 0.15) is 5.82 Å². The van der Waals surface area contributed by atoms with E-state index in [1.54, 1.807) is 34.4 Å². The zero-order valence-corrected chi connectivity index (χ0v) is 13.3. The van der Waals surface area contributed by atoms with Crippen molar-refractivity contribution in [1.29, 1.82) is 0 Å². The maximum absolute atomic E-state index is 5.24. The summed E-state index contributed by atoms with van der Waals surface area (Å²) in [6.07, 6.45) is 0. The molecule has 0 atom stereocenters. The smallest absolute Gasteiger partial charge is 0.268 e. The Hall–Kier alpha value is -1.45. The van der Waals surface area contributed by atoms with E-state index in [-0.39, 0.29) is 0 Å². The Morgan fingerprint density at radius 1 is 1.35 bits per heavy atom. The molecule has 0 radical (unpaired) electrons. The van der Waals surface area contributed by atoms with E-state index >= 15 is 0 Å². The van der Waals surface area contributed by atoms with Gasteiger partial charge in [0, 0.05) is 14.1 Å². The Morgan fingerprint density at radius 2 is 2.25 bits per heavy atom. The monoisotopic (exact) mass is 325 g/mol. The third kappa shape index (κ3) is 3.00. The number of thioether (sulfide) groups is 1. The first-order valence-electron chi connectivity index (χ1n) is 5.72. The van der Waals surface area contributed by atoms with E-state index in [0.717, 1.165) is 14.3 Å². The summed E-state index contributed by atoms with van der Waals surface area (Å²) in [4.78, 5) is 7.29. The van der Waals surface area contributed by atoms with E-state index in [0.29, 0.717) is 17.5 Å². The minimum absolute atomic E-state index is 0.571. The lowest BCUT2D eigenvalue weighted by molar-refractivity contribution is 0.426. The van der Waals surface area contributed by atoms with E-state index in [9.17, 15) is 0 Å². The Balaban J connectivity index is 1.63. The molecule has 0 saturated carbocycles. The van der Waals surface area contributed by atoms with Crippen LogP contribution in [-0.4, -0.2) is 34.4 Å². The molecule has 0 fully saturated rings. The Labute approximate surface area is 127 Å². The standard InChI is InChI=1S/C11H11N5OS3/c1-16(2)10-13-14-11(20-10)19-6-8-12-9(17-15-8)7-4-3-5-18-7/h3-5H,6H2,1-2H3. The minimum Gasteiger partial charge on any atom is -0.353 e. The fourth-order valence-electron chi connectivity index (χ4n) is 1.38. The predicted molar refractivity (Wildman–Crippen MR) is 81.4 cm³/mol. The van der Waals surface area contributed by atoms with Gasteiger partial charge in [-0.25, -0.2) is 0 Å². The van der Waals surface area contributed by atoms with Gasteiger partial charge in [0.2, 0.25) is 5.13 Å². The van der Waals surface area contributed by atoms with Gasteiger partial charge in [-0.15, -0.1) is 21.5 Å². The molecule has 9 heteroatoms. The van der Waals surface area contributed by atoms with Gasteiger partial charge >= 0.3 is 0 Å². The first kappa shape index (κ1) is 13.5. The quantitative estimate of drug-likeness (QED) is 0.668. The van der Waals surface area contributed by atoms with Gasteiger partial charge in [-0.1, -0.05) is 34.3 Å². The molecular formula is C11H11N5OS3. The summed E-state index contributed by atoms with van der Waals surface area (Å²) in [5.74, 6) is 1.86. The molecule has 6 nitrogen and oxygen atoms in total. The van der Waals surface area contributed by atoms with E-state index in [2.05, 4.69) is 20.3 Å². The summed E-state index contributed by atoms with van der Waals surface area (Å²) in [6, 6.07) is 3.92. The maximum Gasteiger partial charge on any atom is 0.268 e. The number of hydrogen-bond donors (Lipinski definition) is 0. The van der Waals surface area contributed by atoms with Crippen molar-refractivity contribution < 1.29 is 4.52 Å². The Kier molecular flexibility index (Phi) is 3.99. The average Bonchev–Trinajstić information content (AvgIpc) is 3.17. The summed E-state index contributed by atoms with van der Waals surface area (Å²) in [6.45, 7) is 0. The molecule has 0 aliphatic heterocycles. The third-order valence-electron chi connectivity index (χ3n) is 2.30. The molecule has 0 N–H and O–H groups in total. The molecule has 0 aliphatic carbocycles. The third-order valence-corrected chi connectivity index (χ3v) is 5.38. The van der Waals surface area contributed by atoms with Crippen molar-refractivity contribution in [3.8, 4) is 10.8 Å². The Bertz CT molecular complexity index is 676. The lowest BCUT2D eigenvalue weighted by Crippen LogP contribution is -2.07. The van der Waals surface area contributed by atoms with Crippen LogP contribution in [0.15, 0.2) is 26.4 Å². The molecule has 0 amide bonds. The second-order valence-corrected chi connectivity index (χ2v) is 7.15. The van der Waals surface area contributed by atoms with E-state index in [4.69, 9.17) is 4.52 Å². The number of hydrogen-bond acceptors (Lipinski definition) is 9. The highest BCUT2D eigenvalue weighted by Gasteiger charge is 2.12. The van der Waals surface area contributed by atoms with Gasteiger partial charge in [0.15, 0.2) is 10.2 Å². The molecule has 0 bridgehead atoms. The fourth-order valence-corrected chi connectivity index (χ4v) is 3.63. The van der Waals surface area contributed by atoms with Crippen molar-refractivity contribution in [2.45, 2.75) is 10.1 Å². The molecule has 20 heavy (non-hydrogen) atoms. The van der Waals surface area contributed by atoms with E-state index < -0.39 is 0 Å². The van der Waals surface area contributed by atoms with Crippen LogP contribution >= 0.6 is 34.4 Å². The van der Waals surface area contributed by atoms with Crippen LogP contribution in [0.5, 0.6) is 0 Å². The van der Waals surface area contributed by atoms with E-state index in [1.165, 1.54) is 0 Å². The number of rotatable bonds is 5. The minimum atomic E-state index is 0.571. The molecular weight excluding hydrogens is 314 g/mol. The zero-order valence-electron chi connectivity index (χ0n) is 10.8. The number of aromatic nitrogens is 4. The fraction of sp³-hybridized carbons (Fsp3) is 0.273. The van der Waals surface area contributed by atoms with E-state index in [1.807, 2.05) is 36.5 Å². The molecule has 3 rings (SSSR count). The second kappa shape index (κ2) is 5.90. The molecule has 0 aliphatic rings. The first-order chi connectivity index (χ1) is 9.72. The highest BCUT2D eigenvalue weighted by molar-refractivity contribution is 8.00. The van der Waals surface area contributed by atoms with Crippen molar-refractivity contribution in [3.63, 3.8) is 0 Å². The van der Waals surface area contributed by atoms with Crippen molar-refractivity contribution in [2.24, 2.45) is 0 Å². The van der Waals surface area contributed by atoms with Gasteiger partial charge in [0.05, 0.1) is 10.6 Å². The van der Waals surface area contributed by atoms with Gasteiger partial charge in [-0.05, 0) is 11.4 Å².